The molecule has 100 valence electrons. The normalized spacial score (nSPS) is 10.5. The molecule has 0 spiro atoms. The second kappa shape index (κ2) is 5.26. The summed E-state index contributed by atoms with van der Waals surface area (Å²) < 4.78 is 27.1. The first-order valence-electron chi connectivity index (χ1n) is 6.10. The summed E-state index contributed by atoms with van der Waals surface area (Å²) in [6, 6.07) is 10.0. The number of hydrogen-bond donors (Lipinski definition) is 1. The lowest BCUT2D eigenvalue weighted by molar-refractivity contribution is 0.510. The standard InChI is InChI=1S/C15H16F2N2/c1-3-10-4-6-11(7-5-10)19(2)15-13(18)9-8-12(16)14(15)17/h4-9H,3,18H2,1-2H3. The van der Waals surface area contributed by atoms with Gasteiger partial charge in [0.2, 0.25) is 0 Å². The van der Waals surface area contributed by atoms with Crippen molar-refractivity contribution in [2.24, 2.45) is 0 Å². The number of aryl methyl sites for hydroxylation is 1. The quantitative estimate of drug-likeness (QED) is 0.851. The smallest absolute Gasteiger partial charge is 0.184 e. The van der Waals surface area contributed by atoms with E-state index in [4.69, 9.17) is 5.73 Å². The highest BCUT2D eigenvalue weighted by Crippen LogP contribution is 2.32. The van der Waals surface area contributed by atoms with Gasteiger partial charge in [0.15, 0.2) is 11.6 Å². The average Bonchev–Trinajstić information content (AvgIpc) is 2.43. The minimum Gasteiger partial charge on any atom is -0.397 e. The monoisotopic (exact) mass is 262 g/mol. The molecule has 0 atom stereocenters. The Morgan fingerprint density at radius 3 is 2.26 bits per heavy atom. The van der Waals surface area contributed by atoms with Crippen LogP contribution in [0.3, 0.4) is 0 Å². The van der Waals surface area contributed by atoms with Crippen LogP contribution in [0.1, 0.15) is 12.5 Å². The van der Waals surface area contributed by atoms with E-state index >= 15 is 0 Å². The third-order valence-corrected chi connectivity index (χ3v) is 3.17. The zero-order chi connectivity index (χ0) is 14.0. The highest BCUT2D eigenvalue weighted by molar-refractivity contribution is 5.75. The molecule has 2 nitrogen and oxygen atoms in total. The molecule has 0 aromatic heterocycles. The van der Waals surface area contributed by atoms with Crippen LogP contribution in [-0.4, -0.2) is 7.05 Å². The number of nitrogens with zero attached hydrogens (tertiary/aromatic N) is 1. The molecule has 2 aromatic rings. The van der Waals surface area contributed by atoms with Gasteiger partial charge in [0.25, 0.3) is 0 Å². The van der Waals surface area contributed by atoms with Crippen LogP contribution in [0.2, 0.25) is 0 Å². The predicted octanol–water partition coefficient (Wildman–Crippen LogP) is 3.88. The lowest BCUT2D eigenvalue weighted by atomic mass is 10.1. The minimum absolute atomic E-state index is 0.0595. The van der Waals surface area contributed by atoms with Crippen molar-refractivity contribution >= 4 is 17.1 Å². The fourth-order valence-electron chi connectivity index (χ4n) is 1.98. The van der Waals surface area contributed by atoms with Gasteiger partial charge >= 0.3 is 0 Å². The van der Waals surface area contributed by atoms with Crippen molar-refractivity contribution in [1.29, 1.82) is 0 Å². The minimum atomic E-state index is -0.929. The average molecular weight is 262 g/mol. The summed E-state index contributed by atoms with van der Waals surface area (Å²) >= 11 is 0. The Kier molecular flexibility index (Phi) is 3.69. The maximum atomic E-state index is 13.8. The van der Waals surface area contributed by atoms with Gasteiger partial charge < -0.3 is 10.6 Å². The van der Waals surface area contributed by atoms with Crippen molar-refractivity contribution in [1.82, 2.24) is 0 Å². The van der Waals surface area contributed by atoms with E-state index in [-0.39, 0.29) is 11.4 Å². The lowest BCUT2D eigenvalue weighted by Crippen LogP contribution is -2.14. The number of nitrogen functional groups attached to an aromatic ring is 1. The van der Waals surface area contributed by atoms with Crippen LogP contribution in [0.5, 0.6) is 0 Å². The van der Waals surface area contributed by atoms with E-state index in [1.807, 2.05) is 24.3 Å². The number of hydrogen-bond acceptors (Lipinski definition) is 2. The van der Waals surface area contributed by atoms with Crippen LogP contribution in [0, 0.1) is 11.6 Å². The highest BCUT2D eigenvalue weighted by atomic mass is 19.2. The van der Waals surface area contributed by atoms with Crippen molar-refractivity contribution in [3.8, 4) is 0 Å². The van der Waals surface area contributed by atoms with E-state index in [0.717, 1.165) is 18.2 Å². The molecule has 4 heteroatoms. The van der Waals surface area contributed by atoms with Crippen molar-refractivity contribution in [3.05, 3.63) is 53.6 Å². The molecule has 0 heterocycles. The molecule has 2 aromatic carbocycles. The first-order valence-corrected chi connectivity index (χ1v) is 6.10. The Morgan fingerprint density at radius 2 is 1.68 bits per heavy atom. The molecule has 0 aliphatic carbocycles. The fourth-order valence-corrected chi connectivity index (χ4v) is 1.98. The van der Waals surface area contributed by atoms with E-state index in [1.165, 1.54) is 11.6 Å². The Bertz CT molecular complexity index is 579. The van der Waals surface area contributed by atoms with Crippen molar-refractivity contribution < 1.29 is 8.78 Å². The molecule has 0 unspecified atom stereocenters. The second-order valence-electron chi connectivity index (χ2n) is 4.38. The first kappa shape index (κ1) is 13.3. The molecular weight excluding hydrogens is 246 g/mol. The zero-order valence-corrected chi connectivity index (χ0v) is 11.0. The topological polar surface area (TPSA) is 29.3 Å². The van der Waals surface area contributed by atoms with Gasteiger partial charge in [0, 0.05) is 12.7 Å². The molecule has 0 radical (unpaired) electrons. The second-order valence-corrected chi connectivity index (χ2v) is 4.38. The number of nitrogens with two attached hydrogens (primary N) is 1. The van der Waals surface area contributed by atoms with Gasteiger partial charge in [-0.25, -0.2) is 8.78 Å². The first-order chi connectivity index (χ1) is 9.04. The van der Waals surface area contributed by atoms with Crippen molar-refractivity contribution in [2.45, 2.75) is 13.3 Å². The fraction of sp³-hybridized carbons (Fsp3) is 0.200. The summed E-state index contributed by atoms with van der Waals surface area (Å²) in [5.74, 6) is -1.83. The van der Waals surface area contributed by atoms with Gasteiger partial charge in [-0.15, -0.1) is 0 Å². The van der Waals surface area contributed by atoms with Gasteiger partial charge in [-0.3, -0.25) is 0 Å². The third-order valence-electron chi connectivity index (χ3n) is 3.17. The number of anilines is 3. The molecule has 0 bridgehead atoms. The lowest BCUT2D eigenvalue weighted by Gasteiger charge is -2.22. The van der Waals surface area contributed by atoms with Gasteiger partial charge in [0.1, 0.15) is 5.69 Å². The number of rotatable bonds is 3. The van der Waals surface area contributed by atoms with Crippen LogP contribution < -0.4 is 10.6 Å². The van der Waals surface area contributed by atoms with E-state index in [1.54, 1.807) is 11.9 Å². The Hall–Kier alpha value is -2.10. The largest absolute Gasteiger partial charge is 0.397 e. The maximum Gasteiger partial charge on any atom is 0.184 e. The summed E-state index contributed by atoms with van der Waals surface area (Å²) in [6.45, 7) is 2.06. The summed E-state index contributed by atoms with van der Waals surface area (Å²) in [5, 5.41) is 0. The molecule has 2 N–H and O–H groups in total. The van der Waals surface area contributed by atoms with Crippen LogP contribution in [0.25, 0.3) is 0 Å². The summed E-state index contributed by atoms with van der Waals surface area (Å²) in [6.07, 6.45) is 0.931. The third kappa shape index (κ3) is 2.52. The SMILES string of the molecule is CCc1ccc(N(C)c2c(N)ccc(F)c2F)cc1. The molecule has 0 saturated carbocycles. The van der Waals surface area contributed by atoms with Crippen molar-refractivity contribution in [2.75, 3.05) is 17.7 Å². The molecule has 2 rings (SSSR count). The molecule has 0 aliphatic heterocycles. The predicted molar refractivity (Wildman–Crippen MR) is 74.7 cm³/mol. The zero-order valence-electron chi connectivity index (χ0n) is 11.0. The van der Waals surface area contributed by atoms with Crippen LogP contribution in [-0.2, 0) is 6.42 Å². The Labute approximate surface area is 111 Å². The highest BCUT2D eigenvalue weighted by Gasteiger charge is 2.16. The van der Waals surface area contributed by atoms with Gasteiger partial charge in [-0.1, -0.05) is 19.1 Å². The number of halogens is 2. The molecule has 19 heavy (non-hydrogen) atoms. The summed E-state index contributed by atoms with van der Waals surface area (Å²) in [4.78, 5) is 1.55. The van der Waals surface area contributed by atoms with Gasteiger partial charge in [-0.2, -0.15) is 0 Å². The van der Waals surface area contributed by atoms with Crippen LogP contribution in [0.15, 0.2) is 36.4 Å². The summed E-state index contributed by atoms with van der Waals surface area (Å²) in [7, 11) is 1.66. The maximum absolute atomic E-state index is 13.8. The van der Waals surface area contributed by atoms with Crippen LogP contribution in [0.4, 0.5) is 25.8 Å². The summed E-state index contributed by atoms with van der Waals surface area (Å²) in [5.41, 5.74) is 7.95. The van der Waals surface area contributed by atoms with E-state index < -0.39 is 11.6 Å². The Morgan fingerprint density at radius 1 is 1.05 bits per heavy atom. The van der Waals surface area contributed by atoms with Gasteiger partial charge in [0.05, 0.1) is 5.69 Å². The molecular formula is C15H16F2N2. The van der Waals surface area contributed by atoms with E-state index in [2.05, 4.69) is 6.92 Å². The van der Waals surface area contributed by atoms with E-state index in [0.29, 0.717) is 0 Å². The molecule has 0 fully saturated rings. The van der Waals surface area contributed by atoms with Crippen molar-refractivity contribution in [3.63, 3.8) is 0 Å². The molecule has 0 aliphatic rings. The van der Waals surface area contributed by atoms with Gasteiger partial charge in [-0.05, 0) is 36.2 Å². The number of benzene rings is 2. The molecule has 0 amide bonds. The Balaban J connectivity index is 2.43. The van der Waals surface area contributed by atoms with E-state index in [9.17, 15) is 8.78 Å². The molecule has 0 saturated heterocycles. The van der Waals surface area contributed by atoms with Crippen LogP contribution >= 0.6 is 0 Å².